The fourth-order valence-corrected chi connectivity index (χ4v) is 2.68. The van der Waals surface area contributed by atoms with Gasteiger partial charge in [0.25, 0.3) is 5.91 Å². The highest BCUT2D eigenvalue weighted by Crippen LogP contribution is 2.16. The van der Waals surface area contributed by atoms with Gasteiger partial charge in [-0.2, -0.15) is 5.10 Å². The molecule has 5 nitrogen and oxygen atoms in total. The predicted molar refractivity (Wildman–Crippen MR) is 98.2 cm³/mol. The molecule has 25 heavy (non-hydrogen) atoms. The molecule has 5 heteroatoms. The maximum atomic E-state index is 12.5. The van der Waals surface area contributed by atoms with Gasteiger partial charge in [-0.1, -0.05) is 29.8 Å². The first-order valence-corrected chi connectivity index (χ1v) is 8.10. The van der Waals surface area contributed by atoms with Gasteiger partial charge in [-0.25, -0.2) is 4.68 Å². The summed E-state index contributed by atoms with van der Waals surface area (Å²) < 4.78 is 6.93. The number of carbonyl (C=O) groups excluding carboxylic acids is 1. The Bertz CT molecular complexity index is 882. The summed E-state index contributed by atoms with van der Waals surface area (Å²) in [5.41, 5.74) is 3.77. The topological polar surface area (TPSA) is 56.1 Å². The van der Waals surface area contributed by atoms with Crippen LogP contribution in [0, 0.1) is 13.8 Å². The van der Waals surface area contributed by atoms with Crippen molar-refractivity contribution in [2.75, 3.05) is 12.4 Å². The number of hydrogen-bond acceptors (Lipinski definition) is 3. The lowest BCUT2D eigenvalue weighted by atomic mass is 10.1. The van der Waals surface area contributed by atoms with E-state index in [0.29, 0.717) is 17.9 Å². The first kappa shape index (κ1) is 16.8. The third-order valence-electron chi connectivity index (χ3n) is 3.91. The van der Waals surface area contributed by atoms with Crippen molar-refractivity contribution in [1.29, 1.82) is 0 Å². The van der Waals surface area contributed by atoms with Crippen molar-refractivity contribution in [2.45, 2.75) is 20.4 Å². The van der Waals surface area contributed by atoms with Crippen LogP contribution in [0.2, 0.25) is 0 Å². The third kappa shape index (κ3) is 4.07. The second-order valence-electron chi connectivity index (χ2n) is 6.00. The van der Waals surface area contributed by atoms with Gasteiger partial charge in [-0.05, 0) is 43.7 Å². The number of amides is 1. The predicted octanol–water partition coefficient (Wildman–Crippen LogP) is 3.81. The van der Waals surface area contributed by atoms with Crippen LogP contribution < -0.4 is 10.1 Å². The normalized spacial score (nSPS) is 10.5. The standard InChI is InChI=1S/C20H21N3O2/c1-14-5-4-6-16(11-14)13-23-19(12-15(2)22-23)21-20(24)17-7-9-18(25-3)10-8-17/h4-12H,13H2,1-3H3,(H,21,24). The summed E-state index contributed by atoms with van der Waals surface area (Å²) >= 11 is 0. The van der Waals surface area contributed by atoms with E-state index in [1.165, 1.54) is 5.56 Å². The minimum atomic E-state index is -0.173. The first-order chi connectivity index (χ1) is 12.0. The molecule has 1 amide bonds. The monoisotopic (exact) mass is 335 g/mol. The van der Waals surface area contributed by atoms with Crippen LogP contribution in [0.15, 0.2) is 54.6 Å². The van der Waals surface area contributed by atoms with E-state index in [1.807, 2.05) is 23.7 Å². The second kappa shape index (κ2) is 7.21. The molecule has 0 saturated carbocycles. The van der Waals surface area contributed by atoms with Crippen LogP contribution in [-0.4, -0.2) is 22.8 Å². The number of benzene rings is 2. The van der Waals surface area contributed by atoms with Gasteiger partial charge < -0.3 is 10.1 Å². The lowest BCUT2D eigenvalue weighted by Crippen LogP contribution is -2.16. The molecule has 3 aromatic rings. The number of anilines is 1. The van der Waals surface area contributed by atoms with E-state index in [2.05, 4.69) is 35.5 Å². The Labute approximate surface area is 147 Å². The van der Waals surface area contributed by atoms with Gasteiger partial charge in [-0.3, -0.25) is 4.79 Å². The summed E-state index contributed by atoms with van der Waals surface area (Å²) in [5.74, 6) is 1.23. The Morgan fingerprint density at radius 1 is 1.12 bits per heavy atom. The SMILES string of the molecule is COc1ccc(C(=O)Nc2cc(C)nn2Cc2cccc(C)c2)cc1. The van der Waals surface area contributed by atoms with Crippen molar-refractivity contribution in [1.82, 2.24) is 9.78 Å². The quantitative estimate of drug-likeness (QED) is 0.771. The van der Waals surface area contributed by atoms with Gasteiger partial charge in [0.05, 0.1) is 19.3 Å². The van der Waals surface area contributed by atoms with E-state index in [1.54, 1.807) is 31.4 Å². The maximum absolute atomic E-state index is 12.5. The third-order valence-corrected chi connectivity index (χ3v) is 3.91. The Morgan fingerprint density at radius 3 is 2.56 bits per heavy atom. The Kier molecular flexibility index (Phi) is 4.84. The van der Waals surface area contributed by atoms with E-state index in [9.17, 15) is 4.79 Å². The maximum Gasteiger partial charge on any atom is 0.256 e. The van der Waals surface area contributed by atoms with Crippen LogP contribution in [0.4, 0.5) is 5.82 Å². The number of rotatable bonds is 5. The average molecular weight is 335 g/mol. The van der Waals surface area contributed by atoms with E-state index in [-0.39, 0.29) is 5.91 Å². The number of hydrogen-bond donors (Lipinski definition) is 1. The van der Waals surface area contributed by atoms with E-state index in [4.69, 9.17) is 4.74 Å². The Hall–Kier alpha value is -3.08. The summed E-state index contributed by atoms with van der Waals surface area (Å²) in [6, 6.07) is 17.1. The molecule has 1 aromatic heterocycles. The van der Waals surface area contributed by atoms with E-state index in [0.717, 1.165) is 17.0 Å². The molecule has 0 unspecified atom stereocenters. The molecule has 0 fully saturated rings. The molecular weight excluding hydrogens is 314 g/mol. The lowest BCUT2D eigenvalue weighted by molar-refractivity contribution is 0.102. The highest BCUT2D eigenvalue weighted by molar-refractivity contribution is 6.03. The molecule has 0 aliphatic heterocycles. The Balaban J connectivity index is 1.79. The van der Waals surface area contributed by atoms with E-state index >= 15 is 0 Å². The van der Waals surface area contributed by atoms with Crippen molar-refractivity contribution in [2.24, 2.45) is 0 Å². The Morgan fingerprint density at radius 2 is 1.88 bits per heavy atom. The fraction of sp³-hybridized carbons (Fsp3) is 0.200. The van der Waals surface area contributed by atoms with Crippen molar-refractivity contribution in [3.8, 4) is 5.75 Å². The zero-order valence-electron chi connectivity index (χ0n) is 14.6. The molecule has 3 rings (SSSR count). The summed E-state index contributed by atoms with van der Waals surface area (Å²) in [6.07, 6.45) is 0. The summed E-state index contributed by atoms with van der Waals surface area (Å²) in [4.78, 5) is 12.5. The zero-order chi connectivity index (χ0) is 17.8. The first-order valence-electron chi connectivity index (χ1n) is 8.10. The molecule has 0 aliphatic rings. The molecule has 0 radical (unpaired) electrons. The number of nitrogens with one attached hydrogen (secondary N) is 1. The van der Waals surface area contributed by atoms with Gasteiger partial charge in [0.15, 0.2) is 0 Å². The number of carbonyl (C=O) groups is 1. The van der Waals surface area contributed by atoms with Gasteiger partial charge in [0.1, 0.15) is 11.6 Å². The van der Waals surface area contributed by atoms with Gasteiger partial charge in [-0.15, -0.1) is 0 Å². The average Bonchev–Trinajstić information content (AvgIpc) is 2.94. The zero-order valence-corrected chi connectivity index (χ0v) is 14.6. The van der Waals surface area contributed by atoms with Gasteiger partial charge >= 0.3 is 0 Å². The number of methoxy groups -OCH3 is 1. The molecule has 1 heterocycles. The highest BCUT2D eigenvalue weighted by Gasteiger charge is 2.12. The molecular formula is C20H21N3O2. The molecule has 0 saturated heterocycles. The largest absolute Gasteiger partial charge is 0.497 e. The van der Waals surface area contributed by atoms with Crippen LogP contribution in [0.1, 0.15) is 27.2 Å². The second-order valence-corrected chi connectivity index (χ2v) is 6.00. The van der Waals surface area contributed by atoms with Crippen LogP contribution in [0.3, 0.4) is 0 Å². The van der Waals surface area contributed by atoms with Crippen LogP contribution in [-0.2, 0) is 6.54 Å². The molecule has 0 bridgehead atoms. The van der Waals surface area contributed by atoms with Crippen LogP contribution in [0.5, 0.6) is 5.75 Å². The molecule has 0 aliphatic carbocycles. The van der Waals surface area contributed by atoms with Crippen molar-refractivity contribution in [3.05, 3.63) is 77.0 Å². The van der Waals surface area contributed by atoms with E-state index < -0.39 is 0 Å². The smallest absolute Gasteiger partial charge is 0.256 e. The van der Waals surface area contributed by atoms with Crippen molar-refractivity contribution < 1.29 is 9.53 Å². The summed E-state index contributed by atoms with van der Waals surface area (Å²) in [6.45, 7) is 4.58. The van der Waals surface area contributed by atoms with Gasteiger partial charge in [0, 0.05) is 11.6 Å². The molecule has 2 aromatic carbocycles. The molecule has 1 N–H and O–H groups in total. The van der Waals surface area contributed by atoms with Crippen LogP contribution >= 0.6 is 0 Å². The molecule has 0 atom stereocenters. The number of nitrogens with zero attached hydrogens (tertiary/aromatic N) is 2. The number of ether oxygens (including phenoxy) is 1. The van der Waals surface area contributed by atoms with Gasteiger partial charge in [0.2, 0.25) is 0 Å². The molecule has 0 spiro atoms. The fourth-order valence-electron chi connectivity index (χ4n) is 2.68. The lowest BCUT2D eigenvalue weighted by Gasteiger charge is -2.10. The van der Waals surface area contributed by atoms with Crippen LogP contribution in [0.25, 0.3) is 0 Å². The number of aryl methyl sites for hydroxylation is 2. The summed E-state index contributed by atoms with van der Waals surface area (Å²) in [5, 5.41) is 7.43. The highest BCUT2D eigenvalue weighted by atomic mass is 16.5. The van der Waals surface area contributed by atoms with Crippen molar-refractivity contribution in [3.63, 3.8) is 0 Å². The number of aromatic nitrogens is 2. The minimum absolute atomic E-state index is 0.173. The van der Waals surface area contributed by atoms with Crippen molar-refractivity contribution >= 4 is 11.7 Å². The summed E-state index contributed by atoms with van der Waals surface area (Å²) in [7, 11) is 1.60. The minimum Gasteiger partial charge on any atom is -0.497 e. The molecule has 128 valence electrons.